The van der Waals surface area contributed by atoms with Gasteiger partial charge in [-0.3, -0.25) is 4.79 Å². The summed E-state index contributed by atoms with van der Waals surface area (Å²) in [7, 11) is 1.89. The number of hydrogen-bond acceptors (Lipinski definition) is 4. The SMILES string of the molecule is CCNC(=O)C1COCCN1c1c(Cl)cccc1CNC. The van der Waals surface area contributed by atoms with Gasteiger partial charge in [0.2, 0.25) is 5.91 Å². The maximum atomic E-state index is 12.3. The van der Waals surface area contributed by atoms with E-state index in [1.54, 1.807) is 0 Å². The van der Waals surface area contributed by atoms with Crippen molar-refractivity contribution >= 4 is 23.2 Å². The van der Waals surface area contributed by atoms with Crippen molar-refractivity contribution in [2.24, 2.45) is 0 Å². The van der Waals surface area contributed by atoms with Crippen LogP contribution in [0.5, 0.6) is 0 Å². The molecular weight excluding hydrogens is 290 g/mol. The number of likely N-dealkylation sites (N-methyl/N-ethyl adjacent to an activating group) is 1. The lowest BCUT2D eigenvalue weighted by Crippen LogP contribution is -2.54. The van der Waals surface area contributed by atoms with E-state index in [4.69, 9.17) is 16.3 Å². The lowest BCUT2D eigenvalue weighted by Gasteiger charge is -2.37. The Kier molecular flexibility index (Phi) is 5.85. The van der Waals surface area contributed by atoms with E-state index in [9.17, 15) is 4.79 Å². The van der Waals surface area contributed by atoms with Crippen molar-refractivity contribution in [3.8, 4) is 0 Å². The zero-order valence-electron chi connectivity index (χ0n) is 12.5. The maximum Gasteiger partial charge on any atom is 0.245 e. The second-order valence-corrected chi connectivity index (χ2v) is 5.36. The van der Waals surface area contributed by atoms with E-state index in [-0.39, 0.29) is 11.9 Å². The molecule has 1 aromatic carbocycles. The Morgan fingerprint density at radius 2 is 2.33 bits per heavy atom. The van der Waals surface area contributed by atoms with Gasteiger partial charge in [0.05, 0.1) is 23.9 Å². The molecule has 0 radical (unpaired) electrons. The average molecular weight is 312 g/mol. The first-order chi connectivity index (χ1) is 10.2. The van der Waals surface area contributed by atoms with Crippen LogP contribution in [0.4, 0.5) is 5.69 Å². The summed E-state index contributed by atoms with van der Waals surface area (Å²) >= 11 is 6.40. The zero-order chi connectivity index (χ0) is 15.2. The highest BCUT2D eigenvalue weighted by molar-refractivity contribution is 6.33. The van der Waals surface area contributed by atoms with Crippen molar-refractivity contribution < 1.29 is 9.53 Å². The Bertz CT molecular complexity index is 496. The number of hydrogen-bond donors (Lipinski definition) is 2. The van der Waals surface area contributed by atoms with Crippen LogP contribution < -0.4 is 15.5 Å². The van der Waals surface area contributed by atoms with Crippen molar-refractivity contribution in [3.05, 3.63) is 28.8 Å². The maximum absolute atomic E-state index is 12.3. The van der Waals surface area contributed by atoms with Crippen LogP contribution in [0.2, 0.25) is 5.02 Å². The third-order valence-corrected chi connectivity index (χ3v) is 3.81. The van der Waals surface area contributed by atoms with E-state index in [1.165, 1.54) is 0 Å². The number of carbonyl (C=O) groups is 1. The van der Waals surface area contributed by atoms with Crippen molar-refractivity contribution in [2.75, 3.05) is 38.3 Å². The van der Waals surface area contributed by atoms with E-state index in [2.05, 4.69) is 15.5 Å². The second kappa shape index (κ2) is 7.64. The number of ether oxygens (including phenoxy) is 1. The van der Waals surface area contributed by atoms with Gasteiger partial charge in [0.25, 0.3) is 0 Å². The summed E-state index contributed by atoms with van der Waals surface area (Å²) in [6.07, 6.45) is 0. The van der Waals surface area contributed by atoms with Gasteiger partial charge in [0.15, 0.2) is 0 Å². The first-order valence-electron chi connectivity index (χ1n) is 7.23. The van der Waals surface area contributed by atoms with Gasteiger partial charge in [-0.2, -0.15) is 0 Å². The minimum Gasteiger partial charge on any atom is -0.377 e. The fraction of sp³-hybridized carbons (Fsp3) is 0.533. The minimum absolute atomic E-state index is 0.0208. The number of amides is 1. The molecule has 1 fully saturated rings. The molecule has 1 aromatic rings. The standard InChI is InChI=1S/C15H22ClN3O2/c1-3-18-15(20)13-10-21-8-7-19(13)14-11(9-17-2)5-4-6-12(14)16/h4-6,13,17H,3,7-10H2,1-2H3,(H,18,20). The van der Waals surface area contributed by atoms with Crippen molar-refractivity contribution in [3.63, 3.8) is 0 Å². The van der Waals surface area contributed by atoms with Crippen molar-refractivity contribution in [2.45, 2.75) is 19.5 Å². The number of halogens is 1. The molecule has 1 heterocycles. The molecule has 0 aliphatic carbocycles. The number of anilines is 1. The molecule has 116 valence electrons. The smallest absolute Gasteiger partial charge is 0.245 e. The zero-order valence-corrected chi connectivity index (χ0v) is 13.2. The number of rotatable bonds is 5. The first kappa shape index (κ1) is 16.1. The molecule has 1 unspecified atom stereocenters. The van der Waals surface area contributed by atoms with E-state index in [1.807, 2.05) is 32.2 Å². The monoisotopic (exact) mass is 311 g/mol. The summed E-state index contributed by atoms with van der Waals surface area (Å²) in [4.78, 5) is 14.3. The van der Waals surface area contributed by atoms with E-state index in [0.717, 1.165) is 11.3 Å². The summed E-state index contributed by atoms with van der Waals surface area (Å²) in [5.74, 6) is -0.0208. The molecule has 5 nitrogen and oxygen atoms in total. The quantitative estimate of drug-likeness (QED) is 0.863. The Labute approximate surface area is 130 Å². The molecule has 0 spiro atoms. The van der Waals surface area contributed by atoms with Crippen LogP contribution in [0.15, 0.2) is 18.2 Å². The number of benzene rings is 1. The predicted molar refractivity (Wildman–Crippen MR) is 84.9 cm³/mol. The summed E-state index contributed by atoms with van der Waals surface area (Å²) < 4.78 is 5.48. The molecule has 1 saturated heterocycles. The van der Waals surface area contributed by atoms with Crippen molar-refractivity contribution in [1.29, 1.82) is 0 Å². The summed E-state index contributed by atoms with van der Waals surface area (Å²) in [5, 5.41) is 6.68. The summed E-state index contributed by atoms with van der Waals surface area (Å²) in [5.41, 5.74) is 2.01. The molecule has 2 rings (SSSR count). The number of para-hydroxylation sites is 1. The van der Waals surface area contributed by atoms with Crippen LogP contribution in [-0.2, 0) is 16.1 Å². The van der Waals surface area contributed by atoms with Crippen molar-refractivity contribution in [1.82, 2.24) is 10.6 Å². The van der Waals surface area contributed by atoms with E-state index < -0.39 is 0 Å². The third kappa shape index (κ3) is 3.67. The number of nitrogens with one attached hydrogen (secondary N) is 2. The van der Waals surface area contributed by atoms with Gasteiger partial charge < -0.3 is 20.3 Å². The predicted octanol–water partition coefficient (Wildman–Crippen LogP) is 1.40. The first-order valence-corrected chi connectivity index (χ1v) is 7.61. The highest BCUT2D eigenvalue weighted by Gasteiger charge is 2.31. The Balaban J connectivity index is 2.35. The van der Waals surface area contributed by atoms with Gasteiger partial charge in [-0.05, 0) is 25.6 Å². The summed E-state index contributed by atoms with van der Waals surface area (Å²) in [6, 6.07) is 5.48. The molecule has 6 heteroatoms. The van der Waals surface area contributed by atoms with Gasteiger partial charge in [-0.1, -0.05) is 23.7 Å². The fourth-order valence-electron chi connectivity index (χ4n) is 2.60. The number of nitrogens with zero attached hydrogens (tertiary/aromatic N) is 1. The molecule has 21 heavy (non-hydrogen) atoms. The lowest BCUT2D eigenvalue weighted by molar-refractivity contribution is -0.124. The van der Waals surface area contributed by atoms with Gasteiger partial charge >= 0.3 is 0 Å². The molecular formula is C15H22ClN3O2. The number of morpholine rings is 1. The minimum atomic E-state index is -0.339. The topological polar surface area (TPSA) is 53.6 Å². The Hall–Kier alpha value is -1.30. The van der Waals surface area contributed by atoms with Crippen LogP contribution >= 0.6 is 11.6 Å². The highest BCUT2D eigenvalue weighted by Crippen LogP contribution is 2.32. The molecule has 0 bridgehead atoms. The molecule has 1 atom stereocenters. The van der Waals surface area contributed by atoms with Gasteiger partial charge in [-0.25, -0.2) is 0 Å². The summed E-state index contributed by atoms with van der Waals surface area (Å²) in [6.45, 7) is 4.86. The van der Waals surface area contributed by atoms with E-state index in [0.29, 0.717) is 37.9 Å². The van der Waals surface area contributed by atoms with Crippen LogP contribution in [0.3, 0.4) is 0 Å². The normalized spacial score (nSPS) is 18.6. The third-order valence-electron chi connectivity index (χ3n) is 3.51. The molecule has 0 saturated carbocycles. The second-order valence-electron chi connectivity index (χ2n) is 4.96. The number of carbonyl (C=O) groups excluding carboxylic acids is 1. The van der Waals surface area contributed by atoms with Crippen LogP contribution in [0, 0.1) is 0 Å². The molecule has 2 N–H and O–H groups in total. The fourth-order valence-corrected chi connectivity index (χ4v) is 2.90. The van der Waals surface area contributed by atoms with E-state index >= 15 is 0 Å². The molecule has 0 aromatic heterocycles. The lowest BCUT2D eigenvalue weighted by atomic mass is 10.1. The largest absolute Gasteiger partial charge is 0.377 e. The molecule has 1 aliphatic heterocycles. The Morgan fingerprint density at radius 3 is 3.05 bits per heavy atom. The van der Waals surface area contributed by atoms with Crippen LogP contribution in [-0.4, -0.2) is 45.3 Å². The van der Waals surface area contributed by atoms with Gasteiger partial charge in [0.1, 0.15) is 6.04 Å². The van der Waals surface area contributed by atoms with Crippen LogP contribution in [0.1, 0.15) is 12.5 Å². The highest BCUT2D eigenvalue weighted by atomic mass is 35.5. The van der Waals surface area contributed by atoms with Crippen LogP contribution in [0.25, 0.3) is 0 Å². The molecule has 1 aliphatic rings. The van der Waals surface area contributed by atoms with Gasteiger partial charge in [-0.15, -0.1) is 0 Å². The average Bonchev–Trinajstić information content (AvgIpc) is 2.48. The Morgan fingerprint density at radius 1 is 1.52 bits per heavy atom. The van der Waals surface area contributed by atoms with Gasteiger partial charge in [0, 0.05) is 19.6 Å². The molecule has 1 amide bonds.